The topological polar surface area (TPSA) is 54.3 Å². The highest BCUT2D eigenvalue weighted by Gasteiger charge is 2.35. The van der Waals surface area contributed by atoms with Gasteiger partial charge in [-0.05, 0) is 86.6 Å². The molecule has 3 aromatic rings. The fraction of sp³-hybridized carbons (Fsp3) is 0.125. The van der Waals surface area contributed by atoms with Crippen molar-refractivity contribution in [3.05, 3.63) is 87.5 Å². The molecule has 2 amide bonds. The van der Waals surface area contributed by atoms with Gasteiger partial charge < -0.3 is 4.57 Å². The van der Waals surface area contributed by atoms with E-state index in [9.17, 15) is 14.0 Å². The number of amides is 2. The minimum atomic E-state index is -0.577. The third-order valence-electron chi connectivity index (χ3n) is 5.42. The van der Waals surface area contributed by atoms with Crippen LogP contribution in [0.2, 0.25) is 5.02 Å². The van der Waals surface area contributed by atoms with Crippen LogP contribution < -0.4 is 10.2 Å². The first-order chi connectivity index (χ1) is 15.2. The molecule has 0 atom stereocenters. The fourth-order valence-electron chi connectivity index (χ4n) is 3.82. The Labute approximate surface area is 195 Å². The van der Waals surface area contributed by atoms with Crippen molar-refractivity contribution in [1.82, 2.24) is 9.88 Å². The molecule has 0 saturated carbocycles. The molecule has 4 rings (SSSR count). The van der Waals surface area contributed by atoms with E-state index in [4.69, 9.17) is 23.8 Å². The highest BCUT2D eigenvalue weighted by molar-refractivity contribution is 7.80. The number of carbonyl (C=O) groups excluding carboxylic acids is 2. The molecule has 1 aliphatic heterocycles. The summed E-state index contributed by atoms with van der Waals surface area (Å²) in [5.41, 5.74) is 4.04. The van der Waals surface area contributed by atoms with Gasteiger partial charge in [-0.25, -0.2) is 4.39 Å². The van der Waals surface area contributed by atoms with E-state index in [0.29, 0.717) is 27.5 Å². The van der Waals surface area contributed by atoms with E-state index in [-0.39, 0.29) is 16.5 Å². The summed E-state index contributed by atoms with van der Waals surface area (Å²) in [6, 6.07) is 13.2. The van der Waals surface area contributed by atoms with Gasteiger partial charge in [0.1, 0.15) is 11.4 Å². The molecule has 5 nitrogen and oxygen atoms in total. The Kier molecular flexibility index (Phi) is 5.71. The zero-order valence-electron chi connectivity index (χ0n) is 17.6. The second-order valence-electron chi connectivity index (χ2n) is 7.48. The Morgan fingerprint density at radius 1 is 1.06 bits per heavy atom. The van der Waals surface area contributed by atoms with Crippen molar-refractivity contribution >= 4 is 52.5 Å². The molecule has 0 radical (unpaired) electrons. The maximum Gasteiger partial charge on any atom is 0.270 e. The number of thiocarbonyl (C=S) groups is 1. The molecule has 8 heteroatoms. The van der Waals surface area contributed by atoms with Crippen LogP contribution in [0.3, 0.4) is 0 Å². The number of benzene rings is 2. The summed E-state index contributed by atoms with van der Waals surface area (Å²) in [4.78, 5) is 27.3. The summed E-state index contributed by atoms with van der Waals surface area (Å²) in [6.07, 6.45) is 1.53. The average molecular weight is 468 g/mol. The van der Waals surface area contributed by atoms with Crippen LogP contribution in [0.25, 0.3) is 11.8 Å². The van der Waals surface area contributed by atoms with E-state index in [1.807, 2.05) is 24.5 Å². The number of aromatic nitrogens is 1. The van der Waals surface area contributed by atoms with E-state index in [0.717, 1.165) is 11.4 Å². The van der Waals surface area contributed by atoms with Gasteiger partial charge in [0.25, 0.3) is 11.8 Å². The molecule has 0 spiro atoms. The largest absolute Gasteiger partial charge is 0.318 e. The number of halogens is 2. The van der Waals surface area contributed by atoms with Crippen molar-refractivity contribution < 1.29 is 14.0 Å². The number of rotatable bonds is 3. The molecule has 2 heterocycles. The Bertz CT molecular complexity index is 1330. The maximum absolute atomic E-state index is 13.8. The molecule has 162 valence electrons. The molecule has 1 aliphatic rings. The molecule has 1 N–H and O–H groups in total. The first kappa shape index (κ1) is 21.9. The Morgan fingerprint density at radius 2 is 1.78 bits per heavy atom. The first-order valence-electron chi connectivity index (χ1n) is 9.80. The number of nitrogens with zero attached hydrogens (tertiary/aromatic N) is 2. The SMILES string of the molecule is Cc1c(Cl)cccc1N1C(=O)/C(=C/c2cc(C)n(-c3cccc(F)c3)c2C)C(=O)NC1=S. The van der Waals surface area contributed by atoms with E-state index in [1.165, 1.54) is 23.1 Å². The van der Waals surface area contributed by atoms with Crippen molar-refractivity contribution in [2.75, 3.05) is 4.90 Å². The highest BCUT2D eigenvalue weighted by atomic mass is 35.5. The van der Waals surface area contributed by atoms with Gasteiger partial charge in [-0.15, -0.1) is 0 Å². The summed E-state index contributed by atoms with van der Waals surface area (Å²) in [6.45, 7) is 5.50. The normalized spacial score (nSPS) is 15.5. The van der Waals surface area contributed by atoms with Crippen LogP contribution in [-0.4, -0.2) is 21.5 Å². The van der Waals surface area contributed by atoms with Gasteiger partial charge in [0.15, 0.2) is 5.11 Å². The molecular weight excluding hydrogens is 449 g/mol. The maximum atomic E-state index is 13.8. The van der Waals surface area contributed by atoms with Gasteiger partial charge in [-0.3, -0.25) is 19.8 Å². The second-order valence-corrected chi connectivity index (χ2v) is 8.28. The Balaban J connectivity index is 1.79. The van der Waals surface area contributed by atoms with Gasteiger partial charge in [0.2, 0.25) is 0 Å². The third-order valence-corrected chi connectivity index (χ3v) is 6.11. The van der Waals surface area contributed by atoms with Crippen molar-refractivity contribution in [3.63, 3.8) is 0 Å². The minimum absolute atomic E-state index is 0.00671. The van der Waals surface area contributed by atoms with Gasteiger partial charge in [-0.2, -0.15) is 0 Å². The quantitative estimate of drug-likeness (QED) is 0.334. The number of aryl methyl sites for hydroxylation is 1. The summed E-state index contributed by atoms with van der Waals surface area (Å²) >= 11 is 11.5. The third kappa shape index (κ3) is 3.74. The number of hydrogen-bond acceptors (Lipinski definition) is 3. The zero-order chi connectivity index (χ0) is 23.2. The number of anilines is 1. The summed E-state index contributed by atoms with van der Waals surface area (Å²) in [5, 5.41) is 3.06. The van der Waals surface area contributed by atoms with Crippen LogP contribution in [0.1, 0.15) is 22.5 Å². The molecule has 1 aromatic heterocycles. The second kappa shape index (κ2) is 8.33. The highest BCUT2D eigenvalue weighted by Crippen LogP contribution is 2.30. The molecule has 32 heavy (non-hydrogen) atoms. The molecule has 0 unspecified atom stereocenters. The predicted octanol–water partition coefficient (Wildman–Crippen LogP) is 5.03. The molecular formula is C24H19ClFN3O2S. The standard InChI is InChI=1S/C24H19ClFN3O2S/c1-13-10-16(15(3)28(13)18-7-4-6-17(26)12-18)11-19-22(30)27-24(32)29(23(19)31)21-9-5-8-20(25)14(21)2/h4-12H,1-3H3,(H,27,30,32)/b19-11+. The van der Waals surface area contributed by atoms with Gasteiger partial charge in [0, 0.05) is 22.1 Å². The first-order valence-corrected chi connectivity index (χ1v) is 10.6. The van der Waals surface area contributed by atoms with E-state index >= 15 is 0 Å². The Morgan fingerprint density at radius 3 is 2.50 bits per heavy atom. The lowest BCUT2D eigenvalue weighted by Gasteiger charge is -2.30. The minimum Gasteiger partial charge on any atom is -0.318 e. The van der Waals surface area contributed by atoms with Gasteiger partial charge >= 0.3 is 0 Å². The summed E-state index contributed by atoms with van der Waals surface area (Å²) < 4.78 is 15.6. The van der Waals surface area contributed by atoms with E-state index in [1.54, 1.807) is 37.3 Å². The summed E-state index contributed by atoms with van der Waals surface area (Å²) in [7, 11) is 0. The molecule has 2 aromatic carbocycles. The van der Waals surface area contributed by atoms with E-state index in [2.05, 4.69) is 5.32 Å². The van der Waals surface area contributed by atoms with Crippen LogP contribution in [0.4, 0.5) is 10.1 Å². The summed E-state index contributed by atoms with van der Waals surface area (Å²) in [5.74, 6) is -1.47. The smallest absolute Gasteiger partial charge is 0.270 e. The lowest BCUT2D eigenvalue weighted by Crippen LogP contribution is -2.54. The number of hydrogen-bond donors (Lipinski definition) is 1. The predicted molar refractivity (Wildman–Crippen MR) is 128 cm³/mol. The van der Waals surface area contributed by atoms with E-state index < -0.39 is 11.8 Å². The molecule has 1 fully saturated rings. The van der Waals surface area contributed by atoms with Crippen LogP contribution >= 0.6 is 23.8 Å². The monoisotopic (exact) mass is 467 g/mol. The van der Waals surface area contributed by atoms with Gasteiger partial charge in [0.05, 0.1) is 5.69 Å². The van der Waals surface area contributed by atoms with Crippen LogP contribution in [-0.2, 0) is 9.59 Å². The van der Waals surface area contributed by atoms with Crippen LogP contribution in [0.15, 0.2) is 54.1 Å². The average Bonchev–Trinajstić information content (AvgIpc) is 3.01. The fourth-order valence-corrected chi connectivity index (χ4v) is 4.26. The van der Waals surface area contributed by atoms with Crippen LogP contribution in [0, 0.1) is 26.6 Å². The lowest BCUT2D eigenvalue weighted by atomic mass is 10.1. The van der Waals surface area contributed by atoms with Crippen molar-refractivity contribution in [1.29, 1.82) is 0 Å². The van der Waals surface area contributed by atoms with Crippen molar-refractivity contribution in [3.8, 4) is 5.69 Å². The number of nitrogens with one attached hydrogen (secondary N) is 1. The zero-order valence-corrected chi connectivity index (χ0v) is 19.1. The lowest BCUT2D eigenvalue weighted by molar-refractivity contribution is -0.122. The van der Waals surface area contributed by atoms with Gasteiger partial charge in [-0.1, -0.05) is 23.7 Å². The molecule has 0 aliphatic carbocycles. The Hall–Kier alpha value is -3.29. The van der Waals surface area contributed by atoms with Crippen molar-refractivity contribution in [2.45, 2.75) is 20.8 Å². The molecule has 0 bridgehead atoms. The van der Waals surface area contributed by atoms with Crippen LogP contribution in [0.5, 0.6) is 0 Å². The van der Waals surface area contributed by atoms with Crippen molar-refractivity contribution in [2.24, 2.45) is 0 Å². The molecule has 1 saturated heterocycles. The number of carbonyl (C=O) groups is 2.